The highest BCUT2D eigenvalue weighted by Crippen LogP contribution is 2.38. The Morgan fingerprint density at radius 1 is 1.10 bits per heavy atom. The molecule has 5 nitrogen and oxygen atoms in total. The summed E-state index contributed by atoms with van der Waals surface area (Å²) in [4.78, 5) is 16.1. The fraction of sp³-hybridized carbons (Fsp3) is 0.304. The summed E-state index contributed by atoms with van der Waals surface area (Å²) in [6, 6.07) is 15.6. The first-order chi connectivity index (χ1) is 14.0. The van der Waals surface area contributed by atoms with Crippen molar-refractivity contribution in [2.24, 2.45) is 10.9 Å². The Kier molecular flexibility index (Phi) is 6.99. The zero-order valence-electron chi connectivity index (χ0n) is 16.8. The number of hydrogen-bond acceptors (Lipinski definition) is 5. The quantitative estimate of drug-likeness (QED) is 0.268. The lowest BCUT2D eigenvalue weighted by atomic mass is 10.1. The summed E-state index contributed by atoms with van der Waals surface area (Å²) >= 11 is 1.76. The lowest BCUT2D eigenvalue weighted by Gasteiger charge is -2.10. The normalized spacial score (nSPS) is 14.9. The number of methoxy groups -OCH3 is 2. The maximum atomic E-state index is 11.2. The van der Waals surface area contributed by atoms with Crippen molar-refractivity contribution in [1.82, 2.24) is 0 Å². The van der Waals surface area contributed by atoms with Gasteiger partial charge in [-0.05, 0) is 49.6 Å². The first-order valence-electron chi connectivity index (χ1n) is 9.44. The molecule has 0 aromatic heterocycles. The minimum atomic E-state index is -0.981. The zero-order valence-corrected chi connectivity index (χ0v) is 17.7. The highest BCUT2D eigenvalue weighted by Gasteiger charge is 2.28. The molecular formula is C23H25NO4S. The summed E-state index contributed by atoms with van der Waals surface area (Å²) in [6.07, 6.45) is 2.38. The maximum Gasteiger partial charge on any atom is 0.335 e. The minimum Gasteiger partial charge on any atom is -0.497 e. The van der Waals surface area contributed by atoms with Crippen molar-refractivity contribution in [3.05, 3.63) is 65.2 Å². The van der Waals surface area contributed by atoms with Crippen LogP contribution in [0.3, 0.4) is 0 Å². The van der Waals surface area contributed by atoms with Crippen LogP contribution >= 0.6 is 11.8 Å². The topological polar surface area (TPSA) is 68.1 Å². The summed E-state index contributed by atoms with van der Waals surface area (Å²) in [7, 11) is 3.15. The third kappa shape index (κ3) is 5.64. The molecule has 0 aliphatic heterocycles. The van der Waals surface area contributed by atoms with Crippen molar-refractivity contribution >= 4 is 34.2 Å². The van der Waals surface area contributed by atoms with Gasteiger partial charge in [-0.2, -0.15) is 0 Å². The fourth-order valence-corrected chi connectivity index (χ4v) is 4.00. The van der Waals surface area contributed by atoms with Gasteiger partial charge >= 0.3 is 5.97 Å². The summed E-state index contributed by atoms with van der Waals surface area (Å²) in [5, 5.41) is 10.4. The highest BCUT2D eigenvalue weighted by molar-refractivity contribution is 8.13. The molecule has 1 saturated carbocycles. The van der Waals surface area contributed by atoms with Crippen LogP contribution < -0.4 is 4.74 Å². The molecular weight excluding hydrogens is 386 g/mol. The van der Waals surface area contributed by atoms with Gasteiger partial charge in [-0.3, -0.25) is 0 Å². The third-order valence-corrected chi connectivity index (χ3v) is 5.90. The molecule has 0 bridgehead atoms. The molecule has 0 atom stereocenters. The molecule has 152 valence electrons. The van der Waals surface area contributed by atoms with Crippen molar-refractivity contribution in [3.63, 3.8) is 0 Å². The summed E-state index contributed by atoms with van der Waals surface area (Å²) < 4.78 is 10.5. The van der Waals surface area contributed by atoms with Crippen molar-refractivity contribution in [2.75, 3.05) is 14.2 Å². The fourth-order valence-electron chi connectivity index (χ4n) is 2.85. The Morgan fingerprint density at radius 2 is 1.76 bits per heavy atom. The van der Waals surface area contributed by atoms with Crippen LogP contribution in [0.1, 0.15) is 30.9 Å². The number of aliphatic imine (C=N–C) groups is 1. The first-order valence-corrected chi connectivity index (χ1v) is 10.4. The van der Waals surface area contributed by atoms with Crippen LogP contribution in [0.5, 0.6) is 5.75 Å². The number of carboxylic acids is 1. The van der Waals surface area contributed by atoms with E-state index in [9.17, 15) is 9.90 Å². The minimum absolute atomic E-state index is 0.192. The van der Waals surface area contributed by atoms with Crippen LogP contribution in [0.15, 0.2) is 59.1 Å². The predicted molar refractivity (Wildman–Crippen MR) is 118 cm³/mol. The van der Waals surface area contributed by atoms with Gasteiger partial charge in [0.05, 0.1) is 30.5 Å². The van der Waals surface area contributed by atoms with Gasteiger partial charge < -0.3 is 14.6 Å². The van der Waals surface area contributed by atoms with Gasteiger partial charge in [0.1, 0.15) is 11.5 Å². The number of benzene rings is 2. The SMILES string of the molecule is COC(=C(C)C(=O)O)c1ccc(CSC(=Nc2ccc(OC)cc2)C2CC2)cc1. The van der Waals surface area contributed by atoms with E-state index in [0.29, 0.717) is 11.7 Å². The molecule has 2 aromatic rings. The molecule has 0 spiro atoms. The molecule has 6 heteroatoms. The second kappa shape index (κ2) is 9.65. The van der Waals surface area contributed by atoms with E-state index in [2.05, 4.69) is 0 Å². The van der Waals surface area contributed by atoms with Crippen molar-refractivity contribution in [2.45, 2.75) is 25.5 Å². The average molecular weight is 412 g/mol. The van der Waals surface area contributed by atoms with Gasteiger partial charge in [-0.15, -0.1) is 11.8 Å². The van der Waals surface area contributed by atoms with E-state index in [-0.39, 0.29) is 5.57 Å². The monoisotopic (exact) mass is 411 g/mol. The Labute approximate surface area is 175 Å². The van der Waals surface area contributed by atoms with Crippen molar-refractivity contribution < 1.29 is 19.4 Å². The van der Waals surface area contributed by atoms with Gasteiger partial charge in [0.25, 0.3) is 0 Å². The molecule has 0 amide bonds. The van der Waals surface area contributed by atoms with E-state index in [4.69, 9.17) is 14.5 Å². The van der Waals surface area contributed by atoms with E-state index < -0.39 is 5.97 Å². The molecule has 0 radical (unpaired) electrons. The third-order valence-electron chi connectivity index (χ3n) is 4.71. The average Bonchev–Trinajstić information content (AvgIpc) is 3.58. The summed E-state index contributed by atoms with van der Waals surface area (Å²) in [6.45, 7) is 1.54. The molecule has 2 aromatic carbocycles. The van der Waals surface area contributed by atoms with E-state index in [1.807, 2.05) is 48.5 Å². The van der Waals surface area contributed by atoms with Gasteiger partial charge in [0.15, 0.2) is 0 Å². The van der Waals surface area contributed by atoms with Gasteiger partial charge in [0.2, 0.25) is 0 Å². The number of aliphatic carboxylic acids is 1. The highest BCUT2D eigenvalue weighted by atomic mass is 32.2. The Morgan fingerprint density at radius 3 is 2.28 bits per heavy atom. The van der Waals surface area contributed by atoms with Crippen molar-refractivity contribution in [3.8, 4) is 5.75 Å². The molecule has 0 heterocycles. The van der Waals surface area contributed by atoms with Gasteiger partial charge in [-0.25, -0.2) is 9.79 Å². The van der Waals surface area contributed by atoms with Crippen LogP contribution in [-0.2, 0) is 15.3 Å². The lowest BCUT2D eigenvalue weighted by Crippen LogP contribution is -2.02. The van der Waals surface area contributed by atoms with Crippen LogP contribution in [0.25, 0.3) is 5.76 Å². The smallest absolute Gasteiger partial charge is 0.335 e. The Bertz CT molecular complexity index is 913. The second-order valence-corrected chi connectivity index (χ2v) is 7.87. The standard InChI is InChI=1S/C23H25NO4S/c1-15(23(25)26)21(28-3)17-6-4-16(5-7-17)14-29-22(18-8-9-18)24-19-10-12-20(27-2)13-11-19/h4-7,10-13,18H,8-9,14H2,1-3H3,(H,25,26). The molecule has 1 aliphatic rings. The largest absolute Gasteiger partial charge is 0.497 e. The number of carboxylic acid groups (broad SMARTS) is 1. The van der Waals surface area contributed by atoms with Gasteiger partial charge in [0, 0.05) is 17.2 Å². The molecule has 0 saturated heterocycles. The predicted octanol–water partition coefficient (Wildman–Crippen LogP) is 5.53. The van der Waals surface area contributed by atoms with E-state index in [1.54, 1.807) is 25.8 Å². The number of rotatable bonds is 8. The molecule has 3 rings (SSSR count). The van der Waals surface area contributed by atoms with Crippen LogP contribution in [0.4, 0.5) is 5.69 Å². The van der Waals surface area contributed by atoms with Crippen LogP contribution in [-0.4, -0.2) is 30.3 Å². The van der Waals surface area contributed by atoms with E-state index in [0.717, 1.165) is 28.3 Å². The molecule has 1 aliphatic carbocycles. The molecule has 1 N–H and O–H groups in total. The van der Waals surface area contributed by atoms with Gasteiger partial charge in [-0.1, -0.05) is 24.3 Å². The van der Waals surface area contributed by atoms with Crippen molar-refractivity contribution in [1.29, 1.82) is 0 Å². The number of hydrogen-bond donors (Lipinski definition) is 1. The molecule has 29 heavy (non-hydrogen) atoms. The molecule has 1 fully saturated rings. The Hall–Kier alpha value is -2.73. The van der Waals surface area contributed by atoms with Crippen LogP contribution in [0, 0.1) is 5.92 Å². The molecule has 0 unspecified atom stereocenters. The first kappa shape index (κ1) is 21.0. The number of nitrogens with zero attached hydrogens (tertiary/aromatic N) is 1. The summed E-state index contributed by atoms with van der Waals surface area (Å²) in [5.41, 5.74) is 3.05. The number of ether oxygens (including phenoxy) is 2. The van der Waals surface area contributed by atoms with E-state index >= 15 is 0 Å². The van der Waals surface area contributed by atoms with Crippen LogP contribution in [0.2, 0.25) is 0 Å². The number of thioether (sulfide) groups is 1. The zero-order chi connectivity index (χ0) is 20.8. The second-order valence-electron chi connectivity index (χ2n) is 6.87. The Balaban J connectivity index is 1.69. The maximum absolute atomic E-state index is 11.2. The summed E-state index contributed by atoms with van der Waals surface area (Å²) in [5.74, 6) is 1.60. The van der Waals surface area contributed by atoms with E-state index in [1.165, 1.54) is 25.0 Å². The lowest BCUT2D eigenvalue weighted by molar-refractivity contribution is -0.132. The number of carbonyl (C=O) groups is 1.